The number of nitriles is 1. The van der Waals surface area contributed by atoms with Gasteiger partial charge >= 0.3 is 0 Å². The topological polar surface area (TPSA) is 53.3 Å². The Morgan fingerprint density at radius 1 is 1.29 bits per heavy atom. The highest BCUT2D eigenvalue weighted by Crippen LogP contribution is 2.38. The van der Waals surface area contributed by atoms with Crippen LogP contribution in [0.2, 0.25) is 0 Å². The Hall–Kier alpha value is -1.08. The lowest BCUT2D eigenvalue weighted by molar-refractivity contribution is -0.143. The summed E-state index contributed by atoms with van der Waals surface area (Å²) in [4.78, 5) is 14.6. The van der Waals surface area contributed by atoms with Crippen LogP contribution in [0.25, 0.3) is 0 Å². The van der Waals surface area contributed by atoms with Crippen molar-refractivity contribution in [3.05, 3.63) is 0 Å². The Bertz CT molecular complexity index is 386. The summed E-state index contributed by atoms with van der Waals surface area (Å²) in [7, 11) is 0. The highest BCUT2D eigenvalue weighted by Gasteiger charge is 2.43. The highest BCUT2D eigenvalue weighted by atomic mass is 16.5. The van der Waals surface area contributed by atoms with Gasteiger partial charge in [-0.1, -0.05) is 33.1 Å². The third-order valence-electron chi connectivity index (χ3n) is 4.72. The van der Waals surface area contributed by atoms with Crippen LogP contribution in [0.1, 0.15) is 58.8 Å². The van der Waals surface area contributed by atoms with E-state index in [0.717, 1.165) is 64.6 Å². The third-order valence-corrected chi connectivity index (χ3v) is 4.72. The molecule has 2 fully saturated rings. The largest absolute Gasteiger partial charge is 0.378 e. The molecule has 0 spiro atoms. The molecule has 1 saturated carbocycles. The van der Waals surface area contributed by atoms with Crippen molar-refractivity contribution >= 4 is 5.91 Å². The van der Waals surface area contributed by atoms with Crippen molar-refractivity contribution in [2.75, 3.05) is 19.7 Å². The van der Waals surface area contributed by atoms with E-state index in [9.17, 15) is 10.1 Å². The van der Waals surface area contributed by atoms with Crippen molar-refractivity contribution < 1.29 is 9.53 Å². The molecular weight excluding hydrogens is 264 g/mol. The smallest absolute Gasteiger partial charge is 0.243 e. The van der Waals surface area contributed by atoms with Gasteiger partial charge in [-0.15, -0.1) is 0 Å². The molecule has 0 aromatic carbocycles. The summed E-state index contributed by atoms with van der Waals surface area (Å²) < 4.78 is 5.87. The van der Waals surface area contributed by atoms with Gasteiger partial charge in [0.15, 0.2) is 0 Å². The van der Waals surface area contributed by atoms with Crippen LogP contribution in [-0.4, -0.2) is 36.6 Å². The van der Waals surface area contributed by atoms with Gasteiger partial charge in [0.1, 0.15) is 5.41 Å². The summed E-state index contributed by atoms with van der Waals surface area (Å²) in [5, 5.41) is 9.52. The number of amides is 1. The number of ether oxygens (including phenoxy) is 1. The number of carbonyl (C=O) groups excluding carboxylic acids is 1. The van der Waals surface area contributed by atoms with Gasteiger partial charge in [-0.3, -0.25) is 4.79 Å². The lowest BCUT2D eigenvalue weighted by Gasteiger charge is -2.38. The molecule has 118 valence electrons. The fourth-order valence-electron chi connectivity index (χ4n) is 3.39. The van der Waals surface area contributed by atoms with Crippen molar-refractivity contribution in [2.45, 2.75) is 64.9 Å². The van der Waals surface area contributed by atoms with E-state index >= 15 is 0 Å². The molecule has 1 aliphatic carbocycles. The zero-order valence-electron chi connectivity index (χ0n) is 13.4. The predicted molar refractivity (Wildman–Crippen MR) is 81.5 cm³/mol. The molecule has 0 unspecified atom stereocenters. The maximum absolute atomic E-state index is 12.7. The Morgan fingerprint density at radius 2 is 1.90 bits per heavy atom. The lowest BCUT2D eigenvalue weighted by Crippen LogP contribution is -2.48. The third kappa shape index (κ3) is 3.97. The van der Waals surface area contributed by atoms with Gasteiger partial charge in [0.25, 0.3) is 0 Å². The van der Waals surface area contributed by atoms with Crippen LogP contribution in [0.4, 0.5) is 0 Å². The first-order chi connectivity index (χ1) is 10.1. The molecule has 0 atom stereocenters. The molecule has 0 aromatic heterocycles. The Morgan fingerprint density at radius 3 is 2.43 bits per heavy atom. The Labute approximate surface area is 128 Å². The molecule has 0 bridgehead atoms. The van der Waals surface area contributed by atoms with E-state index in [2.05, 4.69) is 19.9 Å². The van der Waals surface area contributed by atoms with Crippen LogP contribution in [0.3, 0.4) is 0 Å². The van der Waals surface area contributed by atoms with Gasteiger partial charge in [0.05, 0.1) is 12.2 Å². The molecule has 4 heteroatoms. The van der Waals surface area contributed by atoms with Gasteiger partial charge in [0, 0.05) is 19.7 Å². The summed E-state index contributed by atoms with van der Waals surface area (Å²) in [5.74, 6) is 0.626. The van der Waals surface area contributed by atoms with Crippen LogP contribution in [0.5, 0.6) is 0 Å². The monoisotopic (exact) mass is 292 g/mol. The van der Waals surface area contributed by atoms with Gasteiger partial charge in [-0.05, 0) is 31.6 Å². The van der Waals surface area contributed by atoms with Gasteiger partial charge in [-0.25, -0.2) is 0 Å². The van der Waals surface area contributed by atoms with E-state index in [1.165, 1.54) is 0 Å². The molecule has 0 radical (unpaired) electrons. The number of likely N-dealkylation sites (tertiary alicyclic amines) is 1. The molecule has 1 aliphatic heterocycles. The second-order valence-corrected chi connectivity index (χ2v) is 6.97. The van der Waals surface area contributed by atoms with E-state index in [1.54, 1.807) is 0 Å². The zero-order valence-corrected chi connectivity index (χ0v) is 13.4. The second-order valence-electron chi connectivity index (χ2n) is 6.97. The van der Waals surface area contributed by atoms with Crippen molar-refractivity contribution in [3.8, 4) is 6.07 Å². The minimum absolute atomic E-state index is 0.0759. The molecule has 0 aromatic rings. The van der Waals surface area contributed by atoms with E-state index < -0.39 is 5.41 Å². The minimum Gasteiger partial charge on any atom is -0.378 e. The van der Waals surface area contributed by atoms with E-state index in [-0.39, 0.29) is 12.0 Å². The van der Waals surface area contributed by atoms with Gasteiger partial charge in [-0.2, -0.15) is 5.26 Å². The van der Waals surface area contributed by atoms with Crippen molar-refractivity contribution in [1.29, 1.82) is 5.26 Å². The molecule has 4 nitrogen and oxygen atoms in total. The molecule has 21 heavy (non-hydrogen) atoms. The molecule has 0 N–H and O–H groups in total. The molecule has 1 saturated heterocycles. The standard InChI is InChI=1S/C17H28N2O2/c1-14(2)12-21-15-6-10-19(11-7-15)16(20)17(13-18)8-4-3-5-9-17/h14-15H,3-12H2,1-2H3. The van der Waals surface area contributed by atoms with Gasteiger partial charge < -0.3 is 9.64 Å². The van der Waals surface area contributed by atoms with E-state index in [4.69, 9.17) is 4.74 Å². The maximum atomic E-state index is 12.7. The van der Waals surface area contributed by atoms with Crippen molar-refractivity contribution in [1.82, 2.24) is 4.90 Å². The Kier molecular flexibility index (Phi) is 5.64. The van der Waals surface area contributed by atoms with Crippen molar-refractivity contribution in [3.63, 3.8) is 0 Å². The summed E-state index contributed by atoms with van der Waals surface area (Å²) in [6.07, 6.45) is 6.74. The molecule has 1 amide bonds. The Balaban J connectivity index is 1.86. The zero-order chi connectivity index (χ0) is 15.3. The normalized spacial score (nSPS) is 23.0. The first-order valence-corrected chi connectivity index (χ1v) is 8.39. The second kappa shape index (κ2) is 7.26. The maximum Gasteiger partial charge on any atom is 0.243 e. The van der Waals surface area contributed by atoms with E-state index in [0.29, 0.717) is 5.92 Å². The number of piperidine rings is 1. The average Bonchev–Trinajstić information content (AvgIpc) is 2.53. The van der Waals surface area contributed by atoms with Crippen molar-refractivity contribution in [2.24, 2.45) is 11.3 Å². The van der Waals surface area contributed by atoms with Crippen LogP contribution < -0.4 is 0 Å². The van der Waals surface area contributed by atoms with Crippen LogP contribution >= 0.6 is 0 Å². The fourth-order valence-corrected chi connectivity index (χ4v) is 3.39. The molecule has 1 heterocycles. The minimum atomic E-state index is -0.732. The quantitative estimate of drug-likeness (QED) is 0.800. The summed E-state index contributed by atoms with van der Waals surface area (Å²) in [6.45, 7) is 6.58. The van der Waals surface area contributed by atoms with Crippen LogP contribution in [0.15, 0.2) is 0 Å². The number of rotatable bonds is 4. The number of nitrogens with zero attached hydrogens (tertiary/aromatic N) is 2. The first-order valence-electron chi connectivity index (χ1n) is 8.39. The molecule has 2 aliphatic rings. The number of hydrogen-bond donors (Lipinski definition) is 0. The first kappa shape index (κ1) is 16.3. The molecular formula is C17H28N2O2. The number of hydrogen-bond acceptors (Lipinski definition) is 3. The summed E-state index contributed by atoms with van der Waals surface area (Å²) in [5.41, 5.74) is -0.732. The summed E-state index contributed by atoms with van der Waals surface area (Å²) >= 11 is 0. The fraction of sp³-hybridized carbons (Fsp3) is 0.882. The van der Waals surface area contributed by atoms with Crippen LogP contribution in [-0.2, 0) is 9.53 Å². The highest BCUT2D eigenvalue weighted by molar-refractivity contribution is 5.85. The summed E-state index contributed by atoms with van der Waals surface area (Å²) in [6, 6.07) is 2.34. The SMILES string of the molecule is CC(C)COC1CCN(C(=O)C2(C#N)CCCCC2)CC1. The lowest BCUT2D eigenvalue weighted by atomic mass is 9.74. The van der Waals surface area contributed by atoms with Gasteiger partial charge in [0.2, 0.25) is 5.91 Å². The van der Waals surface area contributed by atoms with Crippen LogP contribution in [0, 0.1) is 22.7 Å². The molecule has 2 rings (SSSR count). The predicted octanol–water partition coefficient (Wildman–Crippen LogP) is 3.12. The van der Waals surface area contributed by atoms with E-state index in [1.807, 2.05) is 4.90 Å². The number of carbonyl (C=O) groups is 1. The average molecular weight is 292 g/mol.